The number of β-amino-alcohol motifs (C(OH)–C–C–N with tert-alkyl or cyclic N) is 1. The third kappa shape index (κ3) is 12.4. The molecule has 0 amide bonds. The summed E-state index contributed by atoms with van der Waals surface area (Å²) >= 11 is 0. The molecule has 6 nitrogen and oxygen atoms in total. The maximum Gasteiger partial charge on any atom is 0.306 e. The minimum absolute atomic E-state index is 0. The second-order valence-corrected chi connectivity index (χ2v) is 11.9. The van der Waals surface area contributed by atoms with Gasteiger partial charge in [0.05, 0.1) is 12.2 Å². The Hall–Kier alpha value is -2.59. The first-order valence-corrected chi connectivity index (χ1v) is 15.1. The van der Waals surface area contributed by atoms with Gasteiger partial charge in [-0.2, -0.15) is 5.26 Å². The zero-order chi connectivity index (χ0) is 28.8. The molecular formula is C34H49ClN2O4. The molecule has 2 aromatic rings. The standard InChI is InChI=1S/C34H48N2O4.ClH/c1-4-5-6-7-8-11-18-39-33(38)17-15-26-14-16-30(23-35)32(21-26)40-25-31(37)24-36-34(2,3)22-27-19-28-12-9-10-13-29(28)20-27;/h9-10,12-14,16,21,27,31,36-37H,4-8,11,15,17-20,22,24-25H2,1-3H3;1H/t31-;/m1./s1. The van der Waals surface area contributed by atoms with Crippen molar-refractivity contribution in [1.29, 1.82) is 5.26 Å². The summed E-state index contributed by atoms with van der Waals surface area (Å²) in [6, 6.07) is 16.2. The van der Waals surface area contributed by atoms with Crippen LogP contribution in [0.2, 0.25) is 0 Å². The number of halogens is 1. The number of ether oxygens (including phenoxy) is 2. The van der Waals surface area contributed by atoms with E-state index >= 15 is 0 Å². The molecule has 0 aromatic heterocycles. The molecule has 0 bridgehead atoms. The Morgan fingerprint density at radius 2 is 1.78 bits per heavy atom. The molecule has 1 aliphatic carbocycles. The number of hydrogen-bond acceptors (Lipinski definition) is 6. The van der Waals surface area contributed by atoms with Crippen molar-refractivity contribution >= 4 is 18.4 Å². The van der Waals surface area contributed by atoms with E-state index in [-0.39, 0.29) is 36.9 Å². The number of benzene rings is 2. The zero-order valence-electron chi connectivity index (χ0n) is 25.1. The van der Waals surface area contributed by atoms with Gasteiger partial charge in [0.2, 0.25) is 0 Å². The summed E-state index contributed by atoms with van der Waals surface area (Å²) in [5, 5.41) is 23.6. The number of aliphatic hydroxyl groups is 1. The molecule has 2 aromatic carbocycles. The summed E-state index contributed by atoms with van der Waals surface area (Å²) < 4.78 is 11.2. The third-order valence-electron chi connectivity index (χ3n) is 7.73. The Balaban J connectivity index is 0.00000588. The van der Waals surface area contributed by atoms with Gasteiger partial charge in [-0.1, -0.05) is 69.4 Å². The van der Waals surface area contributed by atoms with Crippen molar-refractivity contribution in [3.8, 4) is 11.8 Å². The number of esters is 1. The Morgan fingerprint density at radius 3 is 2.46 bits per heavy atom. The summed E-state index contributed by atoms with van der Waals surface area (Å²) in [4.78, 5) is 12.1. The van der Waals surface area contributed by atoms with Crippen molar-refractivity contribution in [3.63, 3.8) is 0 Å². The SMILES string of the molecule is CCCCCCCCOC(=O)CCc1ccc(C#N)c(OC[C@H](O)CNC(C)(C)CC2Cc3ccccc3C2)c1.Cl. The molecule has 0 unspecified atom stereocenters. The van der Waals surface area contributed by atoms with E-state index in [1.807, 2.05) is 6.07 Å². The molecule has 0 aliphatic heterocycles. The third-order valence-corrected chi connectivity index (χ3v) is 7.73. The molecular weight excluding hydrogens is 536 g/mol. The second kappa shape index (κ2) is 18.1. The van der Waals surface area contributed by atoms with E-state index in [0.717, 1.165) is 37.7 Å². The predicted molar refractivity (Wildman–Crippen MR) is 167 cm³/mol. The number of fused-ring (bicyclic) bond motifs is 1. The first-order valence-electron chi connectivity index (χ1n) is 15.1. The molecule has 226 valence electrons. The average Bonchev–Trinajstić information content (AvgIpc) is 3.35. The van der Waals surface area contributed by atoms with Crippen LogP contribution in [0.4, 0.5) is 0 Å². The normalized spacial score (nSPS) is 13.6. The lowest BCUT2D eigenvalue weighted by Crippen LogP contribution is -2.46. The molecule has 0 fully saturated rings. The summed E-state index contributed by atoms with van der Waals surface area (Å²) in [6.45, 7) is 7.52. The lowest BCUT2D eigenvalue weighted by atomic mass is 9.88. The van der Waals surface area contributed by atoms with Crippen molar-refractivity contribution in [3.05, 3.63) is 64.7 Å². The van der Waals surface area contributed by atoms with Crippen LogP contribution in [-0.4, -0.2) is 42.5 Å². The molecule has 3 rings (SSSR count). The topological polar surface area (TPSA) is 91.6 Å². The molecule has 0 radical (unpaired) electrons. The van der Waals surface area contributed by atoms with Gasteiger partial charge in [0, 0.05) is 18.5 Å². The molecule has 2 N–H and O–H groups in total. The van der Waals surface area contributed by atoms with Gasteiger partial charge in [0.25, 0.3) is 0 Å². The minimum atomic E-state index is -0.716. The number of carbonyl (C=O) groups is 1. The van der Waals surface area contributed by atoms with E-state index in [4.69, 9.17) is 9.47 Å². The number of nitrogens with one attached hydrogen (secondary N) is 1. The van der Waals surface area contributed by atoms with Crippen LogP contribution in [0, 0.1) is 17.2 Å². The lowest BCUT2D eigenvalue weighted by molar-refractivity contribution is -0.143. The maximum absolute atomic E-state index is 12.1. The van der Waals surface area contributed by atoms with Crippen molar-refractivity contribution < 1.29 is 19.4 Å². The van der Waals surface area contributed by atoms with Gasteiger partial charge in [0.15, 0.2) is 0 Å². The Bertz CT molecular complexity index is 1090. The number of carbonyl (C=O) groups excluding carboxylic acids is 1. The number of aliphatic hydroxyl groups excluding tert-OH is 1. The van der Waals surface area contributed by atoms with Crippen LogP contribution < -0.4 is 10.1 Å². The van der Waals surface area contributed by atoms with Crippen LogP contribution >= 0.6 is 12.4 Å². The van der Waals surface area contributed by atoms with Crippen molar-refractivity contribution in [1.82, 2.24) is 5.32 Å². The lowest BCUT2D eigenvalue weighted by Gasteiger charge is -2.30. The highest BCUT2D eigenvalue weighted by molar-refractivity contribution is 5.85. The molecule has 0 saturated heterocycles. The fourth-order valence-corrected chi connectivity index (χ4v) is 5.55. The molecule has 41 heavy (non-hydrogen) atoms. The van der Waals surface area contributed by atoms with Gasteiger partial charge >= 0.3 is 5.97 Å². The van der Waals surface area contributed by atoms with E-state index in [9.17, 15) is 15.2 Å². The first kappa shape index (κ1) is 34.6. The number of hydrogen-bond donors (Lipinski definition) is 2. The van der Waals surface area contributed by atoms with Crippen molar-refractivity contribution in [2.45, 2.75) is 103 Å². The molecule has 1 aliphatic rings. The summed E-state index contributed by atoms with van der Waals surface area (Å²) in [6.07, 6.45) is 10.3. The predicted octanol–water partition coefficient (Wildman–Crippen LogP) is 6.73. The Kier molecular flexibility index (Phi) is 15.2. The highest BCUT2D eigenvalue weighted by Gasteiger charge is 2.28. The first-order chi connectivity index (χ1) is 19.3. The number of nitriles is 1. The van der Waals surface area contributed by atoms with Gasteiger partial charge in [-0.15, -0.1) is 12.4 Å². The number of aryl methyl sites for hydroxylation is 1. The average molecular weight is 585 g/mol. The highest BCUT2D eigenvalue weighted by Crippen LogP contribution is 2.32. The van der Waals surface area contributed by atoms with Crippen LogP contribution in [-0.2, 0) is 28.8 Å². The minimum Gasteiger partial charge on any atom is -0.489 e. The second-order valence-electron chi connectivity index (χ2n) is 11.9. The van der Waals surface area contributed by atoms with Gasteiger partial charge in [-0.05, 0) is 80.7 Å². The van der Waals surface area contributed by atoms with Crippen molar-refractivity contribution in [2.24, 2.45) is 5.92 Å². The van der Waals surface area contributed by atoms with Crippen LogP contribution in [0.5, 0.6) is 5.75 Å². The molecule has 1 atom stereocenters. The number of rotatable bonds is 18. The molecule has 0 saturated carbocycles. The van der Waals surface area contributed by atoms with Gasteiger partial charge in [0.1, 0.15) is 24.5 Å². The Morgan fingerprint density at radius 1 is 1.10 bits per heavy atom. The summed E-state index contributed by atoms with van der Waals surface area (Å²) in [7, 11) is 0. The zero-order valence-corrected chi connectivity index (χ0v) is 25.9. The number of unbranched alkanes of at least 4 members (excludes halogenated alkanes) is 5. The summed E-state index contributed by atoms with van der Waals surface area (Å²) in [5.74, 6) is 0.829. The van der Waals surface area contributed by atoms with Crippen molar-refractivity contribution in [2.75, 3.05) is 19.8 Å². The monoisotopic (exact) mass is 584 g/mol. The van der Waals surface area contributed by atoms with Crippen LogP contribution in [0.25, 0.3) is 0 Å². The quantitative estimate of drug-likeness (QED) is 0.149. The van der Waals surface area contributed by atoms with E-state index in [1.165, 1.54) is 36.8 Å². The molecule has 0 spiro atoms. The van der Waals surface area contributed by atoms with Crippen LogP contribution in [0.1, 0.15) is 94.4 Å². The van der Waals surface area contributed by atoms with Gasteiger partial charge in [-0.3, -0.25) is 4.79 Å². The van der Waals surface area contributed by atoms with E-state index in [2.05, 4.69) is 56.4 Å². The van der Waals surface area contributed by atoms with Crippen LogP contribution in [0.3, 0.4) is 0 Å². The largest absolute Gasteiger partial charge is 0.489 e. The fraction of sp³-hybridized carbons (Fsp3) is 0.588. The fourth-order valence-electron chi connectivity index (χ4n) is 5.55. The smallest absolute Gasteiger partial charge is 0.306 e. The molecule has 0 heterocycles. The van der Waals surface area contributed by atoms with Gasteiger partial charge < -0.3 is 19.9 Å². The van der Waals surface area contributed by atoms with E-state index in [0.29, 0.717) is 36.8 Å². The highest BCUT2D eigenvalue weighted by atomic mass is 35.5. The molecule has 7 heteroatoms. The van der Waals surface area contributed by atoms with Crippen LogP contribution in [0.15, 0.2) is 42.5 Å². The summed E-state index contributed by atoms with van der Waals surface area (Å²) in [5.41, 5.74) is 4.11. The maximum atomic E-state index is 12.1. The van der Waals surface area contributed by atoms with E-state index in [1.54, 1.807) is 12.1 Å². The van der Waals surface area contributed by atoms with E-state index < -0.39 is 6.10 Å². The number of nitrogens with zero attached hydrogens (tertiary/aromatic N) is 1. The Labute approximate surface area is 253 Å². The van der Waals surface area contributed by atoms with Gasteiger partial charge in [-0.25, -0.2) is 0 Å².